The summed E-state index contributed by atoms with van der Waals surface area (Å²) in [6.07, 6.45) is -2.39. The second-order valence-electron chi connectivity index (χ2n) is 6.40. The van der Waals surface area contributed by atoms with Crippen molar-refractivity contribution in [3.05, 3.63) is 45.9 Å². The third kappa shape index (κ3) is 5.39. The minimum Gasteiger partial charge on any atom is -0.300 e. The van der Waals surface area contributed by atoms with Crippen LogP contribution in [0.25, 0.3) is 10.6 Å². The van der Waals surface area contributed by atoms with Crippen LogP contribution in [-0.4, -0.2) is 21.1 Å². The summed E-state index contributed by atoms with van der Waals surface area (Å²) in [5.74, 6) is 0.0736. The molecule has 0 spiro atoms. The van der Waals surface area contributed by atoms with Gasteiger partial charge < -0.3 is 5.32 Å². The van der Waals surface area contributed by atoms with E-state index in [4.69, 9.17) is 0 Å². The number of benzene rings is 1. The number of halogens is 3. The van der Waals surface area contributed by atoms with Gasteiger partial charge in [-0.3, -0.25) is 4.79 Å². The van der Waals surface area contributed by atoms with Crippen LogP contribution >= 0.6 is 22.7 Å². The van der Waals surface area contributed by atoms with Crippen molar-refractivity contribution in [2.45, 2.75) is 45.2 Å². The molecule has 0 saturated heterocycles. The van der Waals surface area contributed by atoms with Gasteiger partial charge in [0.15, 0.2) is 0 Å². The number of thiazole rings is 1. The van der Waals surface area contributed by atoms with Gasteiger partial charge in [0.25, 0.3) is 0 Å². The number of nitrogens with zero attached hydrogens (tertiary/aromatic N) is 3. The second-order valence-corrected chi connectivity index (χ2v) is 8.27. The lowest BCUT2D eigenvalue weighted by Crippen LogP contribution is -2.14. The van der Waals surface area contributed by atoms with Crippen molar-refractivity contribution in [2.75, 3.05) is 5.32 Å². The number of nitrogens with one attached hydrogen (secondary N) is 1. The Morgan fingerprint density at radius 1 is 1.14 bits per heavy atom. The van der Waals surface area contributed by atoms with Gasteiger partial charge in [0.2, 0.25) is 11.0 Å². The summed E-state index contributed by atoms with van der Waals surface area (Å²) in [6.45, 7) is 4.18. The van der Waals surface area contributed by atoms with Gasteiger partial charge in [-0.15, -0.1) is 21.5 Å². The van der Waals surface area contributed by atoms with Crippen LogP contribution in [0.1, 0.15) is 48.9 Å². The molecule has 1 amide bonds. The van der Waals surface area contributed by atoms with Gasteiger partial charge in [-0.2, -0.15) is 13.2 Å². The van der Waals surface area contributed by atoms with Crippen LogP contribution in [0.4, 0.5) is 18.3 Å². The first kappa shape index (κ1) is 21.4. The highest BCUT2D eigenvalue weighted by atomic mass is 32.1. The Hall–Kier alpha value is -2.33. The minimum absolute atomic E-state index is 0.0526. The van der Waals surface area contributed by atoms with Crippen molar-refractivity contribution in [1.29, 1.82) is 0 Å². The number of hydrogen-bond acceptors (Lipinski definition) is 6. The average molecular weight is 441 g/mol. The number of alkyl halides is 3. The molecule has 5 nitrogen and oxygen atoms in total. The molecule has 3 rings (SSSR count). The third-order valence-electron chi connectivity index (χ3n) is 4.37. The van der Waals surface area contributed by atoms with Gasteiger partial charge in [-0.05, 0) is 25.0 Å². The monoisotopic (exact) mass is 440 g/mol. The normalized spacial score (nSPS) is 11.8. The molecule has 2 aromatic heterocycles. The summed E-state index contributed by atoms with van der Waals surface area (Å²) in [6, 6.07) is 4.81. The maximum absolute atomic E-state index is 12.7. The topological polar surface area (TPSA) is 67.8 Å². The van der Waals surface area contributed by atoms with Crippen molar-refractivity contribution in [2.24, 2.45) is 0 Å². The molecule has 0 aliphatic rings. The Balaban J connectivity index is 1.62. The summed E-state index contributed by atoms with van der Waals surface area (Å²) in [7, 11) is 0. The summed E-state index contributed by atoms with van der Waals surface area (Å²) >= 11 is 2.65. The zero-order valence-corrected chi connectivity index (χ0v) is 17.4. The van der Waals surface area contributed by atoms with Crippen molar-refractivity contribution >= 4 is 33.7 Å². The average Bonchev–Trinajstić information content (AvgIpc) is 3.32. The Labute approximate surface area is 174 Å². The predicted octanol–water partition coefficient (Wildman–Crippen LogP) is 5.77. The van der Waals surface area contributed by atoms with Gasteiger partial charge in [-0.25, -0.2) is 4.98 Å². The summed E-state index contributed by atoms with van der Waals surface area (Å²) in [5, 5.41) is 14.5. The lowest BCUT2D eigenvalue weighted by atomic mass is 10.1. The van der Waals surface area contributed by atoms with Crippen LogP contribution in [0.3, 0.4) is 0 Å². The van der Waals surface area contributed by atoms with Crippen LogP contribution in [0.2, 0.25) is 0 Å². The van der Waals surface area contributed by atoms with Crippen LogP contribution in [0.5, 0.6) is 0 Å². The van der Waals surface area contributed by atoms with E-state index >= 15 is 0 Å². The molecule has 0 aliphatic carbocycles. The zero-order chi connectivity index (χ0) is 21.0. The first-order valence-corrected chi connectivity index (χ1v) is 10.7. The summed E-state index contributed by atoms with van der Waals surface area (Å²) in [4.78, 5) is 16.6. The molecule has 10 heteroatoms. The first-order valence-electron chi connectivity index (χ1n) is 9.05. The van der Waals surface area contributed by atoms with Crippen molar-refractivity contribution < 1.29 is 18.0 Å². The largest absolute Gasteiger partial charge is 0.416 e. The molecule has 3 aromatic rings. The molecule has 2 heterocycles. The van der Waals surface area contributed by atoms with E-state index in [0.29, 0.717) is 27.3 Å². The SMILES string of the molecule is CCC(CC)c1nnc(NC(=O)Cc2csc(-c3ccc(C(F)(F)F)cc3)n2)s1. The van der Waals surface area contributed by atoms with E-state index in [-0.39, 0.29) is 12.3 Å². The van der Waals surface area contributed by atoms with Gasteiger partial charge in [0.05, 0.1) is 17.7 Å². The third-order valence-corrected chi connectivity index (χ3v) is 6.32. The summed E-state index contributed by atoms with van der Waals surface area (Å²) in [5.41, 5.74) is 0.419. The van der Waals surface area contributed by atoms with Crippen molar-refractivity contribution in [1.82, 2.24) is 15.2 Å². The van der Waals surface area contributed by atoms with Crippen LogP contribution < -0.4 is 5.32 Å². The minimum atomic E-state index is -4.37. The summed E-state index contributed by atoms with van der Waals surface area (Å²) < 4.78 is 38.0. The van der Waals surface area contributed by atoms with Crippen LogP contribution in [-0.2, 0) is 17.4 Å². The molecular weight excluding hydrogens is 421 g/mol. The van der Waals surface area contributed by atoms with E-state index in [1.807, 2.05) is 0 Å². The maximum Gasteiger partial charge on any atom is 0.416 e. The van der Waals surface area contributed by atoms with Crippen molar-refractivity contribution in [3.8, 4) is 10.6 Å². The predicted molar refractivity (Wildman–Crippen MR) is 108 cm³/mol. The second kappa shape index (κ2) is 9.00. The molecule has 0 fully saturated rings. The van der Waals surface area contributed by atoms with Gasteiger partial charge >= 0.3 is 6.18 Å². The molecular formula is C19H19F3N4OS2. The fourth-order valence-electron chi connectivity index (χ4n) is 2.74. The highest BCUT2D eigenvalue weighted by molar-refractivity contribution is 7.15. The Morgan fingerprint density at radius 2 is 1.83 bits per heavy atom. The quantitative estimate of drug-likeness (QED) is 0.507. The standard InChI is InChI=1S/C19H19F3N4OS2/c1-3-11(4-2)17-25-26-18(29-17)24-15(27)9-14-10-28-16(23-14)12-5-7-13(8-6-12)19(20,21)22/h5-8,10-11H,3-4,9H2,1-2H3,(H,24,26,27). The van der Waals surface area contributed by atoms with E-state index in [2.05, 4.69) is 34.3 Å². The number of amides is 1. The Bertz CT molecular complexity index is 962. The number of anilines is 1. The Kier molecular flexibility index (Phi) is 6.63. The number of rotatable bonds is 7. The van der Waals surface area contributed by atoms with Crippen LogP contribution in [0, 0.1) is 0 Å². The first-order chi connectivity index (χ1) is 13.8. The smallest absolute Gasteiger partial charge is 0.300 e. The van der Waals surface area contributed by atoms with E-state index in [1.54, 1.807) is 5.38 Å². The molecule has 29 heavy (non-hydrogen) atoms. The number of carbonyl (C=O) groups is 1. The Morgan fingerprint density at radius 3 is 2.45 bits per heavy atom. The number of aromatic nitrogens is 3. The molecule has 0 radical (unpaired) electrons. The van der Waals surface area contributed by atoms with E-state index in [9.17, 15) is 18.0 Å². The fourth-order valence-corrected chi connectivity index (χ4v) is 4.59. The molecule has 0 bridgehead atoms. The molecule has 1 N–H and O–H groups in total. The van der Waals surface area contributed by atoms with E-state index in [0.717, 1.165) is 30.0 Å². The lowest BCUT2D eigenvalue weighted by molar-refractivity contribution is -0.137. The fraction of sp³-hybridized carbons (Fsp3) is 0.368. The maximum atomic E-state index is 12.7. The molecule has 0 atom stereocenters. The molecule has 1 aromatic carbocycles. The molecule has 154 valence electrons. The van der Waals surface area contributed by atoms with E-state index in [1.165, 1.54) is 34.8 Å². The molecule has 0 saturated carbocycles. The van der Waals surface area contributed by atoms with Gasteiger partial charge in [0, 0.05) is 16.9 Å². The molecule has 0 aliphatic heterocycles. The highest BCUT2D eigenvalue weighted by Crippen LogP contribution is 2.32. The molecule has 0 unspecified atom stereocenters. The van der Waals surface area contributed by atoms with Gasteiger partial charge in [-0.1, -0.05) is 37.3 Å². The van der Waals surface area contributed by atoms with Crippen LogP contribution in [0.15, 0.2) is 29.6 Å². The zero-order valence-electron chi connectivity index (χ0n) is 15.8. The number of carbonyl (C=O) groups excluding carboxylic acids is 1. The highest BCUT2D eigenvalue weighted by Gasteiger charge is 2.30. The van der Waals surface area contributed by atoms with E-state index < -0.39 is 11.7 Å². The lowest BCUT2D eigenvalue weighted by Gasteiger charge is -2.06. The number of hydrogen-bond donors (Lipinski definition) is 1. The van der Waals surface area contributed by atoms with Crippen molar-refractivity contribution in [3.63, 3.8) is 0 Å². The van der Waals surface area contributed by atoms with Gasteiger partial charge in [0.1, 0.15) is 10.0 Å².